The fourth-order valence-electron chi connectivity index (χ4n) is 1.20. The molecule has 0 saturated carbocycles. The molecule has 0 saturated heterocycles. The summed E-state index contributed by atoms with van der Waals surface area (Å²) in [7, 11) is 0. The van der Waals surface area contributed by atoms with E-state index < -0.39 is 0 Å². The molecule has 0 aromatic heterocycles. The highest BCUT2D eigenvalue weighted by atomic mass is 32.1. The van der Waals surface area contributed by atoms with Crippen molar-refractivity contribution in [2.24, 2.45) is 0 Å². The predicted molar refractivity (Wildman–Crippen MR) is 63.8 cm³/mol. The summed E-state index contributed by atoms with van der Waals surface area (Å²) in [5.74, 6) is 0. The van der Waals surface area contributed by atoms with Gasteiger partial charge in [0.05, 0.1) is 0 Å². The zero-order valence-corrected chi connectivity index (χ0v) is 8.91. The first-order valence-electron chi connectivity index (χ1n) is 4.41. The van der Waals surface area contributed by atoms with Crippen LogP contribution in [0.25, 0.3) is 0 Å². The first-order chi connectivity index (χ1) is 6.17. The average molecular weight is 191 g/mol. The van der Waals surface area contributed by atoms with E-state index >= 15 is 0 Å². The Kier molecular flexibility index (Phi) is 3.38. The van der Waals surface area contributed by atoms with Gasteiger partial charge in [0, 0.05) is 18.1 Å². The molecule has 0 fully saturated rings. The average Bonchev–Trinajstić information content (AvgIpc) is 2.15. The first-order valence-corrected chi connectivity index (χ1v) is 5.22. The summed E-state index contributed by atoms with van der Waals surface area (Å²) < 4.78 is 0. The van der Waals surface area contributed by atoms with Crippen LogP contribution in [0.3, 0.4) is 0 Å². The van der Waals surface area contributed by atoms with Gasteiger partial charge >= 0.3 is 0 Å². The highest BCUT2D eigenvalue weighted by molar-refractivity contribution is 7.83. The molecule has 0 nitrogen and oxygen atoms in total. The maximum atomic E-state index is 4.01. The molecule has 0 unspecified atom stereocenters. The molecule has 0 N–H and O–H groups in total. The van der Waals surface area contributed by atoms with E-state index in [4.69, 9.17) is 0 Å². The molecular formula is C12H15S+. The molecule has 1 aliphatic rings. The summed E-state index contributed by atoms with van der Waals surface area (Å²) in [6.07, 6.45) is 6.12. The summed E-state index contributed by atoms with van der Waals surface area (Å²) in [6, 6.07) is 0. The monoisotopic (exact) mass is 191 g/mol. The number of rotatable bonds is 3. The first kappa shape index (κ1) is 10.1. The number of hydrogen-bond donors (Lipinski definition) is 0. The predicted octanol–water partition coefficient (Wildman–Crippen LogP) is 3.24. The summed E-state index contributed by atoms with van der Waals surface area (Å²) >= 11 is 1.71. The van der Waals surface area contributed by atoms with Gasteiger partial charge in [-0.2, -0.15) is 0 Å². The zero-order chi connectivity index (χ0) is 9.84. The smallest absolute Gasteiger partial charge is 0.0983 e. The van der Waals surface area contributed by atoms with Gasteiger partial charge in [-0.1, -0.05) is 31.7 Å². The molecule has 1 heterocycles. The highest BCUT2D eigenvalue weighted by Gasteiger charge is 2.20. The Morgan fingerprint density at radius 3 is 2.92 bits per heavy atom. The number of allylic oxidation sites excluding steroid dienone is 5. The van der Waals surface area contributed by atoms with Crippen molar-refractivity contribution in [3.63, 3.8) is 0 Å². The Morgan fingerprint density at radius 1 is 1.69 bits per heavy atom. The van der Waals surface area contributed by atoms with Gasteiger partial charge in [-0.15, -0.1) is 0 Å². The Morgan fingerprint density at radius 2 is 2.38 bits per heavy atom. The molecule has 0 bridgehead atoms. The quantitative estimate of drug-likeness (QED) is 0.278. The lowest BCUT2D eigenvalue weighted by molar-refractivity contribution is 1.03. The van der Waals surface area contributed by atoms with Gasteiger partial charge in [-0.25, -0.2) is 0 Å². The lowest BCUT2D eigenvalue weighted by Gasteiger charge is -2.03. The minimum atomic E-state index is 0.997. The molecule has 0 aliphatic carbocycles. The Balaban J connectivity index is 2.96. The van der Waals surface area contributed by atoms with E-state index in [1.165, 1.54) is 15.3 Å². The third-order valence-electron chi connectivity index (χ3n) is 2.03. The van der Waals surface area contributed by atoms with Crippen LogP contribution in [0.15, 0.2) is 47.9 Å². The van der Waals surface area contributed by atoms with Crippen LogP contribution < -0.4 is 0 Å². The van der Waals surface area contributed by atoms with Crippen molar-refractivity contribution >= 4 is 16.2 Å². The van der Waals surface area contributed by atoms with Gasteiger partial charge in [-0.05, 0) is 13.0 Å². The maximum Gasteiger partial charge on any atom is 0.237 e. The third-order valence-corrected chi connectivity index (χ3v) is 3.06. The van der Waals surface area contributed by atoms with E-state index in [1.54, 1.807) is 17.4 Å². The number of hydrogen-bond acceptors (Lipinski definition) is 0. The fourth-order valence-corrected chi connectivity index (χ4v) is 2.21. The van der Waals surface area contributed by atoms with Crippen molar-refractivity contribution in [2.45, 2.75) is 19.8 Å². The Labute approximate surface area is 84.3 Å². The molecule has 0 atom stereocenters. The standard InChI is InChI=1S/C12H15S/c1-5-9(3)12-8-11(6-2)7-10(4)13-12/h5,8H,1,3-4,6-7H2,2H3/q+1. The molecule has 68 valence electrons. The molecule has 0 spiro atoms. The molecule has 0 aromatic carbocycles. The van der Waals surface area contributed by atoms with Crippen molar-refractivity contribution in [3.8, 4) is 0 Å². The lowest BCUT2D eigenvalue weighted by Crippen LogP contribution is -2.05. The molecule has 1 heteroatoms. The van der Waals surface area contributed by atoms with E-state index in [1.807, 2.05) is 0 Å². The molecular weight excluding hydrogens is 176 g/mol. The molecule has 1 rings (SSSR count). The second kappa shape index (κ2) is 4.33. The van der Waals surface area contributed by atoms with E-state index in [-0.39, 0.29) is 0 Å². The second-order valence-electron chi connectivity index (χ2n) is 3.07. The van der Waals surface area contributed by atoms with Crippen molar-refractivity contribution < 1.29 is 0 Å². The van der Waals surface area contributed by atoms with Crippen molar-refractivity contribution in [1.82, 2.24) is 0 Å². The third kappa shape index (κ3) is 2.49. The minimum Gasteiger partial charge on any atom is -0.0983 e. The van der Waals surface area contributed by atoms with Crippen LogP contribution in [-0.4, -0.2) is 4.86 Å². The van der Waals surface area contributed by atoms with Crippen LogP contribution >= 0.6 is 0 Å². The summed E-state index contributed by atoms with van der Waals surface area (Å²) in [6.45, 7) is 13.8. The largest absolute Gasteiger partial charge is 0.237 e. The molecule has 0 aromatic rings. The normalized spacial score (nSPS) is 16.2. The van der Waals surface area contributed by atoms with Crippen LogP contribution in [0.5, 0.6) is 0 Å². The fraction of sp³-hybridized carbons (Fsp3) is 0.250. The van der Waals surface area contributed by atoms with Gasteiger partial charge in [0.1, 0.15) is 0 Å². The Bertz CT molecular complexity index is 316. The molecule has 13 heavy (non-hydrogen) atoms. The van der Waals surface area contributed by atoms with Crippen molar-refractivity contribution in [1.29, 1.82) is 0 Å². The highest BCUT2D eigenvalue weighted by Crippen LogP contribution is 2.19. The van der Waals surface area contributed by atoms with Crippen LogP contribution in [0.4, 0.5) is 0 Å². The topological polar surface area (TPSA) is 0 Å². The molecule has 1 aliphatic heterocycles. The van der Waals surface area contributed by atoms with Crippen LogP contribution in [0, 0.1) is 0 Å². The second-order valence-corrected chi connectivity index (χ2v) is 4.29. The van der Waals surface area contributed by atoms with E-state index in [2.05, 4.69) is 32.7 Å². The van der Waals surface area contributed by atoms with Gasteiger partial charge in [0.2, 0.25) is 21.1 Å². The molecule has 0 radical (unpaired) electrons. The lowest BCUT2D eigenvalue weighted by atomic mass is 10.1. The summed E-state index contributed by atoms with van der Waals surface area (Å²) in [5.41, 5.74) is 2.43. The van der Waals surface area contributed by atoms with E-state index in [0.29, 0.717) is 0 Å². The van der Waals surface area contributed by atoms with Gasteiger partial charge in [0.15, 0.2) is 0 Å². The van der Waals surface area contributed by atoms with Gasteiger partial charge in [-0.3, -0.25) is 0 Å². The Hall–Kier alpha value is -0.950. The van der Waals surface area contributed by atoms with Crippen molar-refractivity contribution in [3.05, 3.63) is 47.9 Å². The molecule has 0 amide bonds. The van der Waals surface area contributed by atoms with Gasteiger partial charge in [0.25, 0.3) is 0 Å². The zero-order valence-electron chi connectivity index (χ0n) is 8.10. The van der Waals surface area contributed by atoms with Gasteiger partial charge < -0.3 is 0 Å². The SMILES string of the molecule is C=CC(=C)C1=[S+]C(=C)CC(CC)=C1. The van der Waals surface area contributed by atoms with Crippen LogP contribution in [-0.2, 0) is 11.4 Å². The van der Waals surface area contributed by atoms with Crippen molar-refractivity contribution in [2.75, 3.05) is 0 Å². The maximum absolute atomic E-state index is 4.01. The van der Waals surface area contributed by atoms with E-state index in [9.17, 15) is 0 Å². The van der Waals surface area contributed by atoms with Crippen LogP contribution in [0.1, 0.15) is 19.8 Å². The summed E-state index contributed by atoms with van der Waals surface area (Å²) in [4.78, 5) is 2.40. The summed E-state index contributed by atoms with van der Waals surface area (Å²) in [5, 5.41) is 0. The van der Waals surface area contributed by atoms with Crippen LogP contribution in [0.2, 0.25) is 0 Å². The minimum absolute atomic E-state index is 0.997. The van der Waals surface area contributed by atoms with E-state index in [0.717, 1.165) is 18.4 Å².